The van der Waals surface area contributed by atoms with Gasteiger partial charge in [-0.1, -0.05) is 0 Å². The molecule has 0 aliphatic carbocycles. The van der Waals surface area contributed by atoms with Crippen LogP contribution in [0.15, 0.2) is 0 Å². The zero-order chi connectivity index (χ0) is 18.7. The van der Waals surface area contributed by atoms with Crippen LogP contribution in [0.2, 0.25) is 0 Å². The van der Waals surface area contributed by atoms with Crippen molar-refractivity contribution in [2.45, 2.75) is 77.2 Å². The lowest BCUT2D eigenvalue weighted by Gasteiger charge is -2.42. The maximum atomic E-state index is 11.7. The van der Waals surface area contributed by atoms with Crippen LogP contribution in [0.25, 0.3) is 0 Å². The van der Waals surface area contributed by atoms with Gasteiger partial charge in [-0.15, -0.1) is 0 Å². The normalized spacial score (nSPS) is 31.4. The van der Waals surface area contributed by atoms with E-state index in [4.69, 9.17) is 4.74 Å². The fraction of sp³-hybridized carbons (Fsp3) is 0.957. The van der Waals surface area contributed by atoms with E-state index in [9.17, 15) is 4.79 Å². The number of carbonyl (C=O) groups excluding carboxylic acids is 1. The zero-order valence-corrected chi connectivity index (χ0v) is 17.7. The number of piperidine rings is 2. The lowest BCUT2D eigenvalue weighted by Crippen LogP contribution is -2.51. The number of ether oxygens (including phenoxy) is 1. The van der Waals surface area contributed by atoms with Gasteiger partial charge in [0, 0.05) is 32.6 Å². The van der Waals surface area contributed by atoms with E-state index in [1.54, 1.807) is 6.92 Å². The van der Waals surface area contributed by atoms with Gasteiger partial charge in [0.2, 0.25) is 0 Å². The van der Waals surface area contributed by atoms with Gasteiger partial charge in [0.25, 0.3) is 0 Å². The van der Waals surface area contributed by atoms with Crippen molar-refractivity contribution in [1.29, 1.82) is 0 Å². The third kappa shape index (κ3) is 4.87. The van der Waals surface area contributed by atoms with Gasteiger partial charge < -0.3 is 13.7 Å². The zero-order valence-electron chi connectivity index (χ0n) is 17.7. The topological polar surface area (TPSA) is 26.3 Å². The first-order chi connectivity index (χ1) is 13.1. The summed E-state index contributed by atoms with van der Waals surface area (Å²) < 4.78 is 8.64. The Morgan fingerprint density at radius 2 is 1.11 bits per heavy atom. The molecule has 154 valence electrons. The van der Waals surface area contributed by atoms with E-state index in [0.717, 1.165) is 24.7 Å². The molecule has 0 N–H and O–H groups in total. The van der Waals surface area contributed by atoms with Crippen molar-refractivity contribution in [3.8, 4) is 0 Å². The van der Waals surface area contributed by atoms with Gasteiger partial charge >= 0.3 is 5.97 Å². The first kappa shape index (κ1) is 19.7. The quantitative estimate of drug-likeness (QED) is 0.538. The molecule has 4 aliphatic rings. The second kappa shape index (κ2) is 8.41. The fourth-order valence-corrected chi connectivity index (χ4v) is 6.89. The number of nitrogens with zero attached hydrogens (tertiary/aromatic N) is 2. The van der Waals surface area contributed by atoms with E-state index in [-0.39, 0.29) is 12.1 Å². The molecule has 0 aromatic heterocycles. The van der Waals surface area contributed by atoms with Crippen LogP contribution in [0.5, 0.6) is 0 Å². The minimum atomic E-state index is -0.0716. The van der Waals surface area contributed by atoms with E-state index in [0.29, 0.717) is 0 Å². The number of hydrogen-bond donors (Lipinski definition) is 0. The van der Waals surface area contributed by atoms with Crippen molar-refractivity contribution in [3.63, 3.8) is 0 Å². The van der Waals surface area contributed by atoms with Crippen LogP contribution in [0.3, 0.4) is 0 Å². The third-order valence-electron chi connectivity index (χ3n) is 8.60. The van der Waals surface area contributed by atoms with Crippen LogP contribution >= 0.6 is 0 Å². The molecule has 4 heterocycles. The van der Waals surface area contributed by atoms with Gasteiger partial charge in [0.1, 0.15) is 6.10 Å². The van der Waals surface area contributed by atoms with Crippen LogP contribution in [-0.4, -0.2) is 73.4 Å². The Labute approximate surface area is 166 Å². The molecule has 2 spiro atoms. The van der Waals surface area contributed by atoms with Crippen molar-refractivity contribution < 1.29 is 18.5 Å². The number of quaternary nitrogens is 2. The summed E-state index contributed by atoms with van der Waals surface area (Å²) in [5, 5.41) is 0. The Bertz CT molecular complexity index is 451. The number of carbonyl (C=O) groups is 1. The van der Waals surface area contributed by atoms with Gasteiger partial charge in [-0.2, -0.15) is 0 Å². The predicted molar refractivity (Wildman–Crippen MR) is 108 cm³/mol. The predicted octanol–water partition coefficient (Wildman–Crippen LogP) is 3.74. The summed E-state index contributed by atoms with van der Waals surface area (Å²) in [6.07, 6.45) is 13.5. The van der Waals surface area contributed by atoms with E-state index in [1.807, 2.05) is 0 Å². The van der Waals surface area contributed by atoms with Crippen LogP contribution in [0.4, 0.5) is 0 Å². The Balaban J connectivity index is 1.26. The fourth-order valence-electron chi connectivity index (χ4n) is 6.89. The Morgan fingerprint density at radius 3 is 1.44 bits per heavy atom. The number of esters is 1. The first-order valence-electron chi connectivity index (χ1n) is 11.9. The van der Waals surface area contributed by atoms with Crippen LogP contribution in [0.1, 0.15) is 71.1 Å². The summed E-state index contributed by atoms with van der Waals surface area (Å²) in [4.78, 5) is 11.7. The van der Waals surface area contributed by atoms with Crippen molar-refractivity contribution >= 4 is 5.97 Å². The van der Waals surface area contributed by atoms with E-state index < -0.39 is 0 Å². The van der Waals surface area contributed by atoms with E-state index >= 15 is 0 Å². The highest BCUT2D eigenvalue weighted by Crippen LogP contribution is 2.35. The molecule has 4 heteroatoms. The summed E-state index contributed by atoms with van der Waals surface area (Å²) in [5.41, 5.74) is 0. The lowest BCUT2D eigenvalue weighted by atomic mass is 9.84. The maximum Gasteiger partial charge on any atom is 0.302 e. The van der Waals surface area contributed by atoms with Gasteiger partial charge in [0.15, 0.2) is 0 Å². The molecule has 4 rings (SSSR count). The minimum absolute atomic E-state index is 0.0716. The Kier molecular flexibility index (Phi) is 6.13. The molecule has 4 saturated heterocycles. The van der Waals surface area contributed by atoms with Crippen LogP contribution in [-0.2, 0) is 9.53 Å². The van der Waals surface area contributed by atoms with Gasteiger partial charge in [0.05, 0.1) is 52.4 Å². The van der Waals surface area contributed by atoms with Crippen molar-refractivity contribution in [2.24, 2.45) is 11.8 Å². The van der Waals surface area contributed by atoms with Crippen LogP contribution in [0, 0.1) is 11.8 Å². The maximum absolute atomic E-state index is 11.7. The minimum Gasteiger partial charge on any atom is -0.463 e. The molecule has 0 aromatic carbocycles. The molecule has 0 saturated carbocycles. The molecular weight excluding hydrogens is 336 g/mol. The largest absolute Gasteiger partial charge is 0.463 e. The van der Waals surface area contributed by atoms with Crippen molar-refractivity contribution in [2.75, 3.05) is 52.4 Å². The van der Waals surface area contributed by atoms with Gasteiger partial charge in [-0.25, -0.2) is 0 Å². The number of rotatable bonds is 5. The van der Waals surface area contributed by atoms with Crippen molar-refractivity contribution in [3.05, 3.63) is 0 Å². The highest BCUT2D eigenvalue weighted by Gasteiger charge is 2.39. The molecule has 4 fully saturated rings. The monoisotopic (exact) mass is 378 g/mol. The van der Waals surface area contributed by atoms with E-state index in [1.165, 1.54) is 113 Å². The van der Waals surface area contributed by atoms with Gasteiger partial charge in [-0.3, -0.25) is 4.79 Å². The molecule has 0 unspecified atom stereocenters. The second-order valence-electron chi connectivity index (χ2n) is 10.5. The van der Waals surface area contributed by atoms with Gasteiger partial charge in [-0.05, 0) is 50.4 Å². The summed E-state index contributed by atoms with van der Waals surface area (Å²) in [6, 6.07) is 0. The second-order valence-corrected chi connectivity index (χ2v) is 10.5. The van der Waals surface area contributed by atoms with Crippen molar-refractivity contribution in [1.82, 2.24) is 0 Å². The molecular formula is C23H42N2O2+2. The molecule has 0 amide bonds. The highest BCUT2D eigenvalue weighted by atomic mass is 16.5. The Morgan fingerprint density at radius 1 is 0.741 bits per heavy atom. The molecule has 4 aliphatic heterocycles. The smallest absolute Gasteiger partial charge is 0.302 e. The lowest BCUT2D eigenvalue weighted by molar-refractivity contribution is -0.922. The molecule has 0 atom stereocenters. The molecule has 27 heavy (non-hydrogen) atoms. The average Bonchev–Trinajstić information content (AvgIpc) is 3.29. The molecule has 0 bridgehead atoms. The first-order valence-corrected chi connectivity index (χ1v) is 11.9. The SMILES string of the molecule is CC(=O)OC(CC1CC[N+]2(CCCC2)CC1)CC1CC[N+]2(CCCC2)CC1. The summed E-state index contributed by atoms with van der Waals surface area (Å²) in [7, 11) is 0. The summed E-state index contributed by atoms with van der Waals surface area (Å²) in [5.74, 6) is 1.48. The Hall–Kier alpha value is -0.610. The van der Waals surface area contributed by atoms with Crippen LogP contribution < -0.4 is 0 Å². The van der Waals surface area contributed by atoms with E-state index in [2.05, 4.69) is 0 Å². The standard InChI is InChI=1S/C23H42N2O2/c1-20(26)27-23(18-21-6-14-24(15-7-21)10-2-3-11-24)19-22-8-16-25(17-9-22)12-4-5-13-25/h21-23H,2-19H2,1H3/q+2. The average molecular weight is 379 g/mol. The third-order valence-corrected chi connectivity index (χ3v) is 8.60. The molecule has 0 aromatic rings. The molecule has 0 radical (unpaired) electrons. The summed E-state index contributed by atoms with van der Waals surface area (Å²) in [6.45, 7) is 12.8. The summed E-state index contributed by atoms with van der Waals surface area (Å²) >= 11 is 0. The molecule has 4 nitrogen and oxygen atoms in total. The number of hydrogen-bond acceptors (Lipinski definition) is 2. The highest BCUT2D eigenvalue weighted by molar-refractivity contribution is 5.66.